The zero-order valence-electron chi connectivity index (χ0n) is 9.03. The third-order valence-corrected chi connectivity index (χ3v) is 4.05. The molecule has 6 heteroatoms. The van der Waals surface area contributed by atoms with Gasteiger partial charge in [-0.05, 0) is 66.9 Å². The molecule has 0 atom stereocenters. The van der Waals surface area contributed by atoms with E-state index in [1.165, 1.54) is 0 Å². The number of hydrogen-bond donors (Lipinski definition) is 2. The maximum Gasteiger partial charge on any atom is 0.232 e. The smallest absolute Gasteiger partial charge is 0.232 e. The minimum absolute atomic E-state index is 0.139. The van der Waals surface area contributed by atoms with Crippen molar-refractivity contribution in [3.8, 4) is 0 Å². The Kier molecular flexibility index (Phi) is 5.50. The van der Waals surface area contributed by atoms with Crippen molar-refractivity contribution in [3.05, 3.63) is 27.8 Å². The van der Waals surface area contributed by atoms with Crippen LogP contribution in [-0.4, -0.2) is 27.8 Å². The van der Waals surface area contributed by atoms with Crippen molar-refractivity contribution in [2.45, 2.75) is 6.42 Å². The van der Waals surface area contributed by atoms with Gasteiger partial charge in [-0.15, -0.1) is 0 Å². The summed E-state index contributed by atoms with van der Waals surface area (Å²) in [6.07, 6.45) is 0.607. The van der Waals surface area contributed by atoms with Crippen molar-refractivity contribution < 1.29 is 8.42 Å². The SMILES string of the molecule is CNCCCS(=O)(=O)Nc1ccc(I)cc1. The molecule has 0 saturated carbocycles. The van der Waals surface area contributed by atoms with Gasteiger partial charge in [0, 0.05) is 9.26 Å². The molecule has 4 nitrogen and oxygen atoms in total. The maximum atomic E-state index is 11.6. The van der Waals surface area contributed by atoms with Crippen LogP contribution in [0, 0.1) is 3.57 Å². The molecule has 90 valence electrons. The fraction of sp³-hybridized carbons (Fsp3) is 0.400. The average Bonchev–Trinajstić information content (AvgIpc) is 2.21. The highest BCUT2D eigenvalue weighted by molar-refractivity contribution is 14.1. The lowest BCUT2D eigenvalue weighted by atomic mass is 10.3. The van der Waals surface area contributed by atoms with Crippen molar-refractivity contribution >= 4 is 38.3 Å². The first-order chi connectivity index (χ1) is 7.53. The zero-order valence-corrected chi connectivity index (χ0v) is 12.0. The molecule has 0 fully saturated rings. The van der Waals surface area contributed by atoms with Crippen molar-refractivity contribution in [2.75, 3.05) is 24.1 Å². The van der Waals surface area contributed by atoms with E-state index in [0.717, 1.165) is 3.57 Å². The Labute approximate surface area is 110 Å². The lowest BCUT2D eigenvalue weighted by molar-refractivity contribution is 0.597. The van der Waals surface area contributed by atoms with Gasteiger partial charge in [0.15, 0.2) is 0 Å². The van der Waals surface area contributed by atoms with Crippen molar-refractivity contribution in [1.82, 2.24) is 5.32 Å². The lowest BCUT2D eigenvalue weighted by Crippen LogP contribution is -2.20. The number of halogens is 1. The second kappa shape index (κ2) is 6.41. The van der Waals surface area contributed by atoms with E-state index in [-0.39, 0.29) is 5.75 Å². The van der Waals surface area contributed by atoms with Gasteiger partial charge in [-0.2, -0.15) is 0 Å². The Morgan fingerprint density at radius 2 is 1.88 bits per heavy atom. The summed E-state index contributed by atoms with van der Waals surface area (Å²) in [4.78, 5) is 0. The molecule has 0 saturated heterocycles. The van der Waals surface area contributed by atoms with Crippen LogP contribution in [0.3, 0.4) is 0 Å². The van der Waals surface area contributed by atoms with Crippen LogP contribution in [-0.2, 0) is 10.0 Å². The number of benzene rings is 1. The summed E-state index contributed by atoms with van der Waals surface area (Å²) in [6.45, 7) is 0.702. The van der Waals surface area contributed by atoms with E-state index in [0.29, 0.717) is 18.7 Å². The van der Waals surface area contributed by atoms with E-state index in [1.54, 1.807) is 19.2 Å². The van der Waals surface area contributed by atoms with Gasteiger partial charge >= 0.3 is 0 Å². The number of rotatable bonds is 6. The number of sulfonamides is 1. The summed E-state index contributed by atoms with van der Waals surface area (Å²) in [5, 5.41) is 2.92. The highest BCUT2D eigenvalue weighted by Gasteiger charge is 2.09. The molecule has 0 heterocycles. The molecule has 0 spiro atoms. The molecule has 2 N–H and O–H groups in total. The molecule has 0 aromatic heterocycles. The Balaban J connectivity index is 2.55. The molecule has 0 radical (unpaired) electrons. The number of hydrogen-bond acceptors (Lipinski definition) is 3. The van der Waals surface area contributed by atoms with Gasteiger partial charge in [0.25, 0.3) is 0 Å². The van der Waals surface area contributed by atoms with Gasteiger partial charge in [-0.25, -0.2) is 8.42 Å². The molecule has 0 bridgehead atoms. The molecule has 0 aliphatic carbocycles. The summed E-state index contributed by atoms with van der Waals surface area (Å²) < 4.78 is 26.9. The zero-order chi connectivity index (χ0) is 12.0. The molecule has 0 aliphatic rings. The standard InChI is InChI=1S/C10H15IN2O2S/c1-12-7-2-8-16(14,15)13-10-5-3-9(11)4-6-10/h3-6,12-13H,2,7-8H2,1H3. The van der Waals surface area contributed by atoms with Crippen LogP contribution in [0.15, 0.2) is 24.3 Å². The van der Waals surface area contributed by atoms with Crippen LogP contribution < -0.4 is 10.0 Å². The normalized spacial score (nSPS) is 11.4. The van der Waals surface area contributed by atoms with Crippen molar-refractivity contribution in [1.29, 1.82) is 0 Å². The van der Waals surface area contributed by atoms with Crippen LogP contribution in [0.1, 0.15) is 6.42 Å². The lowest BCUT2D eigenvalue weighted by Gasteiger charge is -2.07. The quantitative estimate of drug-likeness (QED) is 0.603. The molecule has 0 amide bonds. The monoisotopic (exact) mass is 354 g/mol. The van der Waals surface area contributed by atoms with E-state index >= 15 is 0 Å². The predicted molar refractivity (Wildman–Crippen MR) is 75.1 cm³/mol. The van der Waals surface area contributed by atoms with Crippen LogP contribution in [0.25, 0.3) is 0 Å². The van der Waals surface area contributed by atoms with Crippen LogP contribution >= 0.6 is 22.6 Å². The summed E-state index contributed by atoms with van der Waals surface area (Å²) in [7, 11) is -1.41. The van der Waals surface area contributed by atoms with E-state index in [9.17, 15) is 8.42 Å². The Morgan fingerprint density at radius 1 is 1.25 bits per heavy atom. The summed E-state index contributed by atoms with van der Waals surface area (Å²) in [5.74, 6) is 0.139. The Hall–Kier alpha value is -0.340. The maximum absolute atomic E-state index is 11.6. The van der Waals surface area contributed by atoms with Crippen LogP contribution in [0.5, 0.6) is 0 Å². The molecular weight excluding hydrogens is 339 g/mol. The van der Waals surface area contributed by atoms with E-state index in [1.807, 2.05) is 12.1 Å². The molecule has 1 rings (SSSR count). The van der Waals surface area contributed by atoms with Gasteiger partial charge in [0.2, 0.25) is 10.0 Å². The van der Waals surface area contributed by atoms with E-state index in [2.05, 4.69) is 32.6 Å². The van der Waals surface area contributed by atoms with Gasteiger partial charge in [0.05, 0.1) is 5.75 Å². The highest BCUT2D eigenvalue weighted by atomic mass is 127. The molecule has 0 unspecified atom stereocenters. The number of anilines is 1. The van der Waals surface area contributed by atoms with Gasteiger partial charge in [-0.1, -0.05) is 0 Å². The Bertz CT molecular complexity index is 417. The van der Waals surface area contributed by atoms with E-state index < -0.39 is 10.0 Å². The number of nitrogens with one attached hydrogen (secondary N) is 2. The third kappa shape index (κ3) is 5.13. The second-order valence-electron chi connectivity index (χ2n) is 3.38. The van der Waals surface area contributed by atoms with Gasteiger partial charge in [-0.3, -0.25) is 4.72 Å². The van der Waals surface area contributed by atoms with Gasteiger partial charge in [0.1, 0.15) is 0 Å². The van der Waals surface area contributed by atoms with Crippen molar-refractivity contribution in [3.63, 3.8) is 0 Å². The largest absolute Gasteiger partial charge is 0.320 e. The Morgan fingerprint density at radius 3 is 2.44 bits per heavy atom. The minimum Gasteiger partial charge on any atom is -0.320 e. The van der Waals surface area contributed by atoms with Gasteiger partial charge < -0.3 is 5.32 Å². The average molecular weight is 354 g/mol. The summed E-state index contributed by atoms with van der Waals surface area (Å²) in [5.41, 5.74) is 0.616. The topological polar surface area (TPSA) is 58.2 Å². The predicted octanol–water partition coefficient (Wildman–Crippen LogP) is 1.64. The highest BCUT2D eigenvalue weighted by Crippen LogP contribution is 2.12. The first-order valence-corrected chi connectivity index (χ1v) is 7.67. The molecule has 1 aromatic carbocycles. The summed E-state index contributed by atoms with van der Waals surface area (Å²) in [6, 6.07) is 7.26. The fourth-order valence-electron chi connectivity index (χ4n) is 1.19. The first-order valence-electron chi connectivity index (χ1n) is 4.94. The third-order valence-electron chi connectivity index (χ3n) is 1.96. The first kappa shape index (κ1) is 13.7. The summed E-state index contributed by atoms with van der Waals surface area (Å²) >= 11 is 2.18. The van der Waals surface area contributed by atoms with Crippen LogP contribution in [0.4, 0.5) is 5.69 Å². The minimum atomic E-state index is -3.21. The fourth-order valence-corrected chi connectivity index (χ4v) is 2.67. The van der Waals surface area contributed by atoms with Crippen LogP contribution in [0.2, 0.25) is 0 Å². The molecule has 1 aromatic rings. The molecule has 16 heavy (non-hydrogen) atoms. The van der Waals surface area contributed by atoms with E-state index in [4.69, 9.17) is 0 Å². The molecule has 0 aliphatic heterocycles. The second-order valence-corrected chi connectivity index (χ2v) is 6.47. The molecular formula is C10H15IN2O2S. The van der Waals surface area contributed by atoms with Crippen molar-refractivity contribution in [2.24, 2.45) is 0 Å².